The fraction of sp³-hybridized carbons (Fsp3) is 0. The Bertz CT molecular complexity index is 46.0. The Morgan fingerprint density at radius 3 is 2.25 bits per heavy atom. The van der Waals surface area contributed by atoms with Crippen LogP contribution in [0.15, 0.2) is 4.58 Å². The Morgan fingerprint density at radius 2 is 2.25 bits per heavy atom. The summed E-state index contributed by atoms with van der Waals surface area (Å²) in [6.07, 6.45) is 0. The molecule has 0 saturated heterocycles. The summed E-state index contributed by atoms with van der Waals surface area (Å²) in [5.74, 6) is 0. The summed E-state index contributed by atoms with van der Waals surface area (Å²) in [7, 11) is 0. The predicted molar refractivity (Wildman–Crippen MR) is 11.7 cm³/mol. The first-order valence-electron chi connectivity index (χ1n) is 0.518. The molecule has 0 N–H and O–H groups in total. The van der Waals surface area contributed by atoms with Gasteiger partial charge in [0.25, 0.3) is 0 Å². The zero-order valence-corrected chi connectivity index (χ0v) is 2.46. The molecule has 0 bridgehead atoms. The van der Waals surface area contributed by atoms with Crippen LogP contribution < -0.4 is 0 Å². The van der Waals surface area contributed by atoms with Crippen LogP contribution in [-0.4, -0.2) is 4.21 Å². The van der Waals surface area contributed by atoms with Crippen molar-refractivity contribution in [1.82, 2.24) is 0 Å². The van der Waals surface area contributed by atoms with Gasteiger partial charge < -0.3 is 0 Å². The van der Waals surface area contributed by atoms with Crippen LogP contribution >= 0.6 is 0 Å². The van der Waals surface area contributed by atoms with Gasteiger partial charge in [0.05, 0.1) is 0 Å². The third kappa shape index (κ3) is 1.75. The van der Waals surface area contributed by atoms with Gasteiger partial charge in [-0.1, -0.05) is 4.48 Å². The van der Waals surface area contributed by atoms with Gasteiger partial charge in [-0.3, -0.25) is 0 Å². The van der Waals surface area contributed by atoms with E-state index in [4.69, 9.17) is 4.21 Å². The summed E-state index contributed by atoms with van der Waals surface area (Å²) in [4.78, 5) is 0. The van der Waals surface area contributed by atoms with E-state index >= 15 is 0 Å². The van der Waals surface area contributed by atoms with Crippen molar-refractivity contribution in [2.45, 2.75) is 0 Å². The highest BCUT2D eigenvalue weighted by molar-refractivity contribution is 7.54. The molecule has 0 aromatic carbocycles. The molecule has 0 spiro atoms. The average molecular weight is 81.1 g/mol. The second kappa shape index (κ2) is 2.75. The number of halogens is 1. The molecule has 0 aromatic heterocycles. The Hall–Kier alpha value is -0.250. The first-order valence-corrected chi connectivity index (χ1v) is 1.22. The lowest BCUT2D eigenvalue weighted by molar-refractivity contribution is 0.545. The second-order valence-electron chi connectivity index (χ2n) is 0.144. The molecular weight excluding hydrogens is 81.1 g/mol. The third-order valence-electron chi connectivity index (χ3n) is 0.0282. The minimum absolute atomic E-state index is 0.435. The Kier molecular flexibility index (Phi) is 2.58. The highest BCUT2D eigenvalue weighted by atomic mass is 32.1. The van der Waals surface area contributed by atoms with Crippen LogP contribution in [0.3, 0.4) is 0 Å². The molecule has 24 valence electrons. The fourth-order valence-electron chi connectivity index (χ4n) is 0. The largest absolute Gasteiger partial charge is 0.234 e. The zero-order valence-electron chi connectivity index (χ0n) is 1.64. The van der Waals surface area contributed by atoms with Crippen molar-refractivity contribution in [2.75, 3.05) is 0 Å². The van der Waals surface area contributed by atoms with Gasteiger partial charge in [0, 0.05) is 4.58 Å². The predicted octanol–water partition coefficient (Wildman–Crippen LogP) is 0.268. The minimum atomic E-state index is -0.435. The van der Waals surface area contributed by atoms with E-state index in [0.29, 0.717) is 0 Å². The fourth-order valence-corrected chi connectivity index (χ4v) is 0. The van der Waals surface area contributed by atoms with Gasteiger partial charge in [0.2, 0.25) is 11.5 Å². The number of nitrogens with zero attached hydrogens (tertiary/aromatic N) is 1. The molecule has 0 amide bonds. The van der Waals surface area contributed by atoms with Gasteiger partial charge in [0.15, 0.2) is 0 Å². The molecular formula is FNOS. The molecule has 0 aliphatic heterocycles. The SMILES string of the molecule is O=S=NF. The van der Waals surface area contributed by atoms with Crippen molar-refractivity contribution in [3.05, 3.63) is 0 Å². The molecule has 0 aromatic rings. The van der Waals surface area contributed by atoms with Gasteiger partial charge in [-0.15, -0.1) is 0 Å². The van der Waals surface area contributed by atoms with E-state index in [9.17, 15) is 4.48 Å². The molecule has 4 heavy (non-hydrogen) atoms. The maximum atomic E-state index is 10.00. The maximum Gasteiger partial charge on any atom is 0.234 e. The summed E-state index contributed by atoms with van der Waals surface area (Å²) in [5.41, 5.74) is 0. The van der Waals surface area contributed by atoms with Crippen molar-refractivity contribution in [3.8, 4) is 0 Å². The summed E-state index contributed by atoms with van der Waals surface area (Å²) in [6, 6.07) is 0. The molecule has 0 unspecified atom stereocenters. The Labute approximate surface area is 25.8 Å². The summed E-state index contributed by atoms with van der Waals surface area (Å²) in [6.45, 7) is 0. The normalized spacial score (nSPS) is 5.25. The molecule has 0 saturated carbocycles. The van der Waals surface area contributed by atoms with E-state index in [-0.39, 0.29) is 0 Å². The van der Waals surface area contributed by atoms with Crippen molar-refractivity contribution in [1.29, 1.82) is 0 Å². The quantitative estimate of drug-likeness (QED) is 0.411. The molecule has 0 heterocycles. The standard InChI is InChI=1S/FNOS/c1-2-4-3. The molecule has 0 aliphatic carbocycles. The topological polar surface area (TPSA) is 29.4 Å². The van der Waals surface area contributed by atoms with Crippen LogP contribution in [0.25, 0.3) is 0 Å². The maximum absolute atomic E-state index is 10.00. The van der Waals surface area contributed by atoms with Crippen LogP contribution in [0.4, 0.5) is 4.48 Å². The molecule has 0 fully saturated rings. The first kappa shape index (κ1) is 3.75. The van der Waals surface area contributed by atoms with E-state index in [0.717, 1.165) is 0 Å². The first-order chi connectivity index (χ1) is 1.91. The Morgan fingerprint density at radius 1 is 2.00 bits per heavy atom. The third-order valence-corrected chi connectivity index (χ3v) is 0.0845. The highest BCUT2D eigenvalue weighted by Gasteiger charge is 1.35. The van der Waals surface area contributed by atoms with E-state index in [1.54, 1.807) is 4.58 Å². The van der Waals surface area contributed by atoms with Crippen LogP contribution in [0.2, 0.25) is 0 Å². The van der Waals surface area contributed by atoms with Gasteiger partial charge in [-0.05, 0) is 0 Å². The average Bonchev–Trinajstić information content (AvgIpc) is 1.37. The summed E-state index contributed by atoms with van der Waals surface area (Å²) >= 11 is -0.435. The lowest BCUT2D eigenvalue weighted by atomic mass is 13.8. The van der Waals surface area contributed by atoms with Crippen molar-refractivity contribution in [3.63, 3.8) is 0 Å². The summed E-state index contributed by atoms with van der Waals surface area (Å²) < 4.78 is 20.3. The second-order valence-corrected chi connectivity index (χ2v) is 0.431. The minimum Gasteiger partial charge on any atom is -0.189 e. The van der Waals surface area contributed by atoms with Crippen molar-refractivity contribution >= 4 is 11.5 Å². The van der Waals surface area contributed by atoms with Crippen LogP contribution in [-0.2, 0) is 11.5 Å². The molecule has 0 rings (SSSR count). The van der Waals surface area contributed by atoms with E-state index in [2.05, 4.69) is 0 Å². The van der Waals surface area contributed by atoms with Crippen molar-refractivity contribution in [2.24, 2.45) is 4.58 Å². The van der Waals surface area contributed by atoms with Gasteiger partial charge >= 0.3 is 0 Å². The lowest BCUT2D eigenvalue weighted by Gasteiger charge is -1.28. The number of hydrogen-bond donors (Lipinski definition) is 0. The highest BCUT2D eigenvalue weighted by Crippen LogP contribution is 1.51. The molecule has 4 heteroatoms. The van der Waals surface area contributed by atoms with Gasteiger partial charge in [-0.2, -0.15) is 4.21 Å². The number of rotatable bonds is 0. The smallest absolute Gasteiger partial charge is 0.189 e. The van der Waals surface area contributed by atoms with Crippen LogP contribution in [0, 0.1) is 0 Å². The zero-order chi connectivity index (χ0) is 3.41. The Balaban J connectivity index is 3.11. The van der Waals surface area contributed by atoms with Crippen LogP contribution in [0.1, 0.15) is 0 Å². The number of hydrogen-bond acceptors (Lipinski definition) is 2. The van der Waals surface area contributed by atoms with E-state index < -0.39 is 11.5 Å². The van der Waals surface area contributed by atoms with E-state index in [1.165, 1.54) is 0 Å². The van der Waals surface area contributed by atoms with Crippen LogP contribution in [0.5, 0.6) is 0 Å². The molecule has 2 nitrogen and oxygen atoms in total. The van der Waals surface area contributed by atoms with E-state index in [1.807, 2.05) is 0 Å². The lowest BCUT2D eigenvalue weighted by Crippen LogP contribution is -1.21. The molecule has 0 aliphatic rings. The van der Waals surface area contributed by atoms with Gasteiger partial charge in [0.1, 0.15) is 0 Å². The molecule has 0 radical (unpaired) electrons. The molecule has 0 atom stereocenters. The summed E-state index contributed by atoms with van der Waals surface area (Å²) in [5, 5.41) is 0. The van der Waals surface area contributed by atoms with Gasteiger partial charge in [-0.25, -0.2) is 0 Å². The van der Waals surface area contributed by atoms with Crippen molar-refractivity contribution < 1.29 is 8.69 Å². The monoisotopic (exact) mass is 81.0 g/mol.